The van der Waals surface area contributed by atoms with Crippen LogP contribution in [0.25, 0.3) is 0 Å². The number of nitro groups is 1. The van der Waals surface area contributed by atoms with E-state index in [4.69, 9.17) is 0 Å². The number of rotatable bonds is 3. The Morgan fingerprint density at radius 2 is 1.86 bits per heavy atom. The minimum absolute atomic E-state index is 0.159. The molecular weight excluding hydrogens is 288 g/mol. The van der Waals surface area contributed by atoms with Gasteiger partial charge in [0.15, 0.2) is 0 Å². The van der Waals surface area contributed by atoms with Crippen molar-refractivity contribution in [3.05, 3.63) is 58.3 Å². The number of aromatic nitrogens is 1. The zero-order valence-corrected chi connectivity index (χ0v) is 11.6. The molecule has 112 valence electrons. The summed E-state index contributed by atoms with van der Waals surface area (Å²) in [5, 5.41) is 15.3. The number of non-ortho nitro benzene ring substituents is 1. The van der Waals surface area contributed by atoms with Gasteiger partial charge in [-0.25, -0.2) is 4.98 Å². The number of benzene rings is 1. The summed E-state index contributed by atoms with van der Waals surface area (Å²) in [7, 11) is 0. The van der Waals surface area contributed by atoms with Crippen LogP contribution < -0.4 is 10.6 Å². The standard InChI is InChI=1S/C14H12N4O4/c1-9-4-3-7-15-12(9)17-14(20)13(19)16-10-5-2-6-11(8-10)18(21)22/h2-8H,1H3,(H,16,19)(H,15,17,20). The van der Waals surface area contributed by atoms with Crippen LogP contribution in [-0.4, -0.2) is 21.7 Å². The number of hydrogen-bond donors (Lipinski definition) is 2. The molecule has 1 aromatic heterocycles. The number of nitro benzene ring substituents is 1. The van der Waals surface area contributed by atoms with Crippen molar-refractivity contribution in [2.75, 3.05) is 10.6 Å². The highest BCUT2D eigenvalue weighted by atomic mass is 16.6. The maximum atomic E-state index is 11.8. The molecule has 2 rings (SSSR count). The van der Waals surface area contributed by atoms with Crippen molar-refractivity contribution in [3.8, 4) is 0 Å². The SMILES string of the molecule is Cc1cccnc1NC(=O)C(=O)Nc1cccc([N+](=O)[O-])c1. The number of carbonyl (C=O) groups excluding carboxylic acids is 2. The molecule has 0 saturated carbocycles. The highest BCUT2D eigenvalue weighted by Crippen LogP contribution is 2.17. The molecular formula is C14H12N4O4. The van der Waals surface area contributed by atoms with Crippen LogP contribution in [0.15, 0.2) is 42.6 Å². The van der Waals surface area contributed by atoms with Crippen LogP contribution in [0.2, 0.25) is 0 Å². The fourth-order valence-corrected chi connectivity index (χ4v) is 1.67. The number of hydrogen-bond acceptors (Lipinski definition) is 5. The van der Waals surface area contributed by atoms with Gasteiger partial charge in [-0.2, -0.15) is 0 Å². The van der Waals surface area contributed by atoms with Crippen LogP contribution >= 0.6 is 0 Å². The number of amides is 2. The van der Waals surface area contributed by atoms with E-state index in [1.54, 1.807) is 19.1 Å². The van der Waals surface area contributed by atoms with Gasteiger partial charge in [-0.1, -0.05) is 12.1 Å². The molecule has 0 atom stereocenters. The molecule has 2 N–H and O–H groups in total. The fraction of sp³-hybridized carbons (Fsp3) is 0.0714. The molecule has 0 unspecified atom stereocenters. The molecule has 0 spiro atoms. The third-order valence-electron chi connectivity index (χ3n) is 2.76. The van der Waals surface area contributed by atoms with E-state index in [9.17, 15) is 19.7 Å². The second-order valence-corrected chi connectivity index (χ2v) is 4.38. The first-order valence-corrected chi connectivity index (χ1v) is 6.26. The molecule has 1 aromatic carbocycles. The Kier molecular flexibility index (Phi) is 4.42. The Morgan fingerprint density at radius 3 is 2.55 bits per heavy atom. The molecule has 0 aliphatic rings. The van der Waals surface area contributed by atoms with Crippen molar-refractivity contribution in [2.24, 2.45) is 0 Å². The summed E-state index contributed by atoms with van der Waals surface area (Å²) in [5.74, 6) is -1.57. The normalized spacial score (nSPS) is 9.86. The van der Waals surface area contributed by atoms with E-state index in [1.165, 1.54) is 24.4 Å². The zero-order chi connectivity index (χ0) is 16.1. The van der Waals surface area contributed by atoms with Crippen molar-refractivity contribution in [3.63, 3.8) is 0 Å². The van der Waals surface area contributed by atoms with Crippen LogP contribution in [0, 0.1) is 17.0 Å². The quantitative estimate of drug-likeness (QED) is 0.510. The summed E-state index contributed by atoms with van der Waals surface area (Å²) in [6, 6.07) is 8.75. The van der Waals surface area contributed by atoms with E-state index in [2.05, 4.69) is 15.6 Å². The first-order valence-electron chi connectivity index (χ1n) is 6.26. The number of carbonyl (C=O) groups is 2. The molecule has 0 bridgehead atoms. The highest BCUT2D eigenvalue weighted by molar-refractivity contribution is 6.43. The molecule has 22 heavy (non-hydrogen) atoms. The predicted molar refractivity (Wildman–Crippen MR) is 79.3 cm³/mol. The summed E-state index contributed by atoms with van der Waals surface area (Å²) in [6.45, 7) is 1.74. The molecule has 0 aliphatic heterocycles. The average Bonchev–Trinajstić information content (AvgIpc) is 2.49. The lowest BCUT2D eigenvalue weighted by Crippen LogP contribution is -2.29. The zero-order valence-electron chi connectivity index (χ0n) is 11.6. The molecule has 8 heteroatoms. The molecule has 0 saturated heterocycles. The maximum absolute atomic E-state index is 11.8. The van der Waals surface area contributed by atoms with Gasteiger partial charge in [0.05, 0.1) is 4.92 Å². The number of aryl methyl sites for hydroxylation is 1. The molecule has 0 fully saturated rings. The van der Waals surface area contributed by atoms with Crippen LogP contribution in [-0.2, 0) is 9.59 Å². The maximum Gasteiger partial charge on any atom is 0.315 e. The topological polar surface area (TPSA) is 114 Å². The van der Waals surface area contributed by atoms with Gasteiger partial charge >= 0.3 is 11.8 Å². The molecule has 2 aromatic rings. The Morgan fingerprint density at radius 1 is 1.14 bits per heavy atom. The van der Waals surface area contributed by atoms with E-state index in [1.807, 2.05) is 0 Å². The summed E-state index contributed by atoms with van der Waals surface area (Å²) >= 11 is 0. The monoisotopic (exact) mass is 300 g/mol. The molecule has 2 amide bonds. The van der Waals surface area contributed by atoms with Gasteiger partial charge in [-0.15, -0.1) is 0 Å². The minimum atomic E-state index is -0.939. The smallest absolute Gasteiger partial charge is 0.315 e. The highest BCUT2D eigenvalue weighted by Gasteiger charge is 2.16. The van der Waals surface area contributed by atoms with Gasteiger partial charge in [0.25, 0.3) is 5.69 Å². The lowest BCUT2D eigenvalue weighted by molar-refractivity contribution is -0.384. The van der Waals surface area contributed by atoms with E-state index in [0.29, 0.717) is 5.56 Å². The first kappa shape index (κ1) is 15.1. The van der Waals surface area contributed by atoms with Gasteiger partial charge in [-0.05, 0) is 24.6 Å². The van der Waals surface area contributed by atoms with E-state index in [0.717, 1.165) is 6.07 Å². The van der Waals surface area contributed by atoms with E-state index >= 15 is 0 Å². The van der Waals surface area contributed by atoms with Gasteiger partial charge in [0, 0.05) is 24.0 Å². The summed E-state index contributed by atoms with van der Waals surface area (Å²) < 4.78 is 0. The number of anilines is 2. The van der Waals surface area contributed by atoms with Crippen molar-refractivity contribution in [1.82, 2.24) is 4.98 Å². The summed E-state index contributed by atoms with van der Waals surface area (Å²) in [4.78, 5) is 37.6. The fourth-order valence-electron chi connectivity index (χ4n) is 1.67. The van der Waals surface area contributed by atoms with E-state index < -0.39 is 16.7 Å². The Hall–Kier alpha value is -3.29. The van der Waals surface area contributed by atoms with Crippen LogP contribution in [0.3, 0.4) is 0 Å². The molecule has 1 heterocycles. The average molecular weight is 300 g/mol. The number of pyridine rings is 1. The van der Waals surface area contributed by atoms with Crippen molar-refractivity contribution < 1.29 is 14.5 Å². The van der Waals surface area contributed by atoms with Gasteiger partial charge < -0.3 is 10.6 Å². The third-order valence-corrected chi connectivity index (χ3v) is 2.76. The molecule has 8 nitrogen and oxygen atoms in total. The van der Waals surface area contributed by atoms with Crippen molar-refractivity contribution in [2.45, 2.75) is 6.92 Å². The van der Waals surface area contributed by atoms with Gasteiger partial charge in [0.2, 0.25) is 0 Å². The van der Waals surface area contributed by atoms with E-state index in [-0.39, 0.29) is 17.2 Å². The summed E-state index contributed by atoms with van der Waals surface area (Å²) in [5.41, 5.74) is 0.685. The van der Waals surface area contributed by atoms with Crippen LogP contribution in [0.1, 0.15) is 5.56 Å². The van der Waals surface area contributed by atoms with Crippen LogP contribution in [0.5, 0.6) is 0 Å². The Bertz CT molecular complexity index is 745. The first-order chi connectivity index (χ1) is 10.5. The Labute approximate surface area is 125 Å². The summed E-state index contributed by atoms with van der Waals surface area (Å²) in [6.07, 6.45) is 1.49. The number of nitrogens with zero attached hydrogens (tertiary/aromatic N) is 2. The molecule has 0 radical (unpaired) electrons. The number of nitrogens with one attached hydrogen (secondary N) is 2. The predicted octanol–water partition coefficient (Wildman–Crippen LogP) is 1.88. The Balaban J connectivity index is 2.06. The lowest BCUT2D eigenvalue weighted by atomic mass is 10.2. The van der Waals surface area contributed by atoms with Crippen LogP contribution in [0.4, 0.5) is 17.2 Å². The lowest BCUT2D eigenvalue weighted by Gasteiger charge is -2.07. The molecule has 0 aliphatic carbocycles. The largest absolute Gasteiger partial charge is 0.318 e. The van der Waals surface area contributed by atoms with Gasteiger partial charge in [-0.3, -0.25) is 19.7 Å². The second kappa shape index (κ2) is 6.44. The van der Waals surface area contributed by atoms with Gasteiger partial charge in [0.1, 0.15) is 5.82 Å². The van der Waals surface area contributed by atoms with Crippen molar-refractivity contribution >= 4 is 29.0 Å². The second-order valence-electron chi connectivity index (χ2n) is 4.38. The minimum Gasteiger partial charge on any atom is -0.318 e. The van der Waals surface area contributed by atoms with Crippen molar-refractivity contribution in [1.29, 1.82) is 0 Å². The third kappa shape index (κ3) is 3.63.